The number of anilines is 1. The van der Waals surface area contributed by atoms with Crippen molar-refractivity contribution in [1.29, 1.82) is 0 Å². The Hall–Kier alpha value is -3.42. The second-order valence-electron chi connectivity index (χ2n) is 7.03. The van der Waals surface area contributed by atoms with Crippen LogP contribution >= 0.6 is 23.2 Å². The third kappa shape index (κ3) is 7.03. The average Bonchev–Trinajstić information content (AvgIpc) is 2.79. The monoisotopic (exact) mass is 487 g/mol. The number of hydrazone groups is 1. The molecule has 0 aromatic heterocycles. The van der Waals surface area contributed by atoms with Gasteiger partial charge in [0.25, 0.3) is 5.91 Å². The van der Waals surface area contributed by atoms with Gasteiger partial charge in [-0.3, -0.25) is 9.59 Å². The third-order valence-corrected chi connectivity index (χ3v) is 5.02. The fourth-order valence-electron chi connectivity index (χ4n) is 2.72. The molecule has 1 atom stereocenters. The van der Waals surface area contributed by atoms with Crippen molar-refractivity contribution in [1.82, 2.24) is 5.43 Å². The fraction of sp³-hybridized carbons (Fsp3) is 0.125. The van der Waals surface area contributed by atoms with Crippen LogP contribution in [-0.4, -0.2) is 18.0 Å². The summed E-state index contributed by atoms with van der Waals surface area (Å²) in [4.78, 5) is 24.5. The zero-order chi connectivity index (χ0) is 23.8. The molecule has 33 heavy (non-hydrogen) atoms. The molecule has 0 fully saturated rings. The summed E-state index contributed by atoms with van der Waals surface area (Å²) < 4.78 is 19.5. The third-order valence-electron chi connectivity index (χ3n) is 4.55. The highest BCUT2D eigenvalue weighted by atomic mass is 35.5. The van der Waals surface area contributed by atoms with Crippen LogP contribution in [0.15, 0.2) is 71.8 Å². The van der Waals surface area contributed by atoms with Gasteiger partial charge in [0, 0.05) is 15.6 Å². The molecule has 3 aromatic carbocycles. The SMILES string of the molecule is CC(C(=O)NN=Cc1cc(Cl)ccc1OCc1cccc(Cl)c1)C(=O)Nc1ccccc1F. The van der Waals surface area contributed by atoms with Gasteiger partial charge in [-0.25, -0.2) is 9.82 Å². The van der Waals surface area contributed by atoms with Gasteiger partial charge >= 0.3 is 0 Å². The minimum atomic E-state index is -1.11. The zero-order valence-corrected chi connectivity index (χ0v) is 19.0. The highest BCUT2D eigenvalue weighted by Gasteiger charge is 2.22. The molecule has 2 amide bonds. The predicted molar refractivity (Wildman–Crippen MR) is 127 cm³/mol. The quantitative estimate of drug-likeness (QED) is 0.252. The summed E-state index contributed by atoms with van der Waals surface area (Å²) in [5, 5.41) is 7.34. The molecule has 0 spiro atoms. The van der Waals surface area contributed by atoms with Crippen molar-refractivity contribution in [2.24, 2.45) is 11.0 Å². The van der Waals surface area contributed by atoms with Crippen molar-refractivity contribution in [3.8, 4) is 5.75 Å². The molecule has 0 aliphatic heterocycles. The first-order valence-corrected chi connectivity index (χ1v) is 10.6. The number of para-hydroxylation sites is 1. The van der Waals surface area contributed by atoms with Gasteiger partial charge in [0.05, 0.1) is 11.9 Å². The number of hydrogen-bond acceptors (Lipinski definition) is 4. The number of carbonyl (C=O) groups is 2. The van der Waals surface area contributed by atoms with Crippen molar-refractivity contribution in [2.45, 2.75) is 13.5 Å². The maximum atomic E-state index is 13.7. The first-order valence-electron chi connectivity index (χ1n) is 9.88. The molecule has 1 unspecified atom stereocenters. The van der Waals surface area contributed by atoms with Gasteiger partial charge in [-0.2, -0.15) is 5.10 Å². The summed E-state index contributed by atoms with van der Waals surface area (Å²) in [7, 11) is 0. The standard InChI is InChI=1S/C24H20Cl2FN3O3/c1-15(23(31)29-21-8-3-2-7-20(21)27)24(32)30-28-13-17-12-19(26)9-10-22(17)33-14-16-5-4-6-18(25)11-16/h2-13,15H,14H2,1H3,(H,29,31)(H,30,32). The van der Waals surface area contributed by atoms with Crippen molar-refractivity contribution >= 4 is 46.9 Å². The average molecular weight is 488 g/mol. The molecule has 0 bridgehead atoms. The Morgan fingerprint density at radius 2 is 1.79 bits per heavy atom. The second kappa shape index (κ2) is 11.4. The molecule has 2 N–H and O–H groups in total. The minimum absolute atomic E-state index is 0.00827. The largest absolute Gasteiger partial charge is 0.488 e. The van der Waals surface area contributed by atoms with E-state index in [9.17, 15) is 14.0 Å². The van der Waals surface area contributed by atoms with E-state index in [1.807, 2.05) is 12.1 Å². The van der Waals surface area contributed by atoms with Crippen molar-refractivity contribution < 1.29 is 18.7 Å². The van der Waals surface area contributed by atoms with Gasteiger partial charge in [0.2, 0.25) is 5.91 Å². The number of hydrogen-bond donors (Lipinski definition) is 2. The first-order chi connectivity index (χ1) is 15.8. The Balaban J connectivity index is 1.61. The molecule has 0 radical (unpaired) electrons. The van der Waals surface area contributed by atoms with Crippen LogP contribution in [0.2, 0.25) is 10.0 Å². The summed E-state index contributed by atoms with van der Waals surface area (Å²) in [6.45, 7) is 1.66. The van der Waals surface area contributed by atoms with Crippen molar-refractivity contribution in [3.05, 3.63) is 93.7 Å². The number of carbonyl (C=O) groups excluding carboxylic acids is 2. The van der Waals surface area contributed by atoms with Gasteiger partial charge in [-0.15, -0.1) is 0 Å². The second-order valence-corrected chi connectivity index (χ2v) is 7.90. The maximum absolute atomic E-state index is 13.7. The molecule has 9 heteroatoms. The number of amides is 2. The van der Waals surface area contributed by atoms with Gasteiger partial charge in [-0.1, -0.05) is 47.5 Å². The van der Waals surface area contributed by atoms with E-state index in [0.29, 0.717) is 21.4 Å². The number of nitrogens with one attached hydrogen (secondary N) is 2. The lowest BCUT2D eigenvalue weighted by atomic mass is 10.1. The summed E-state index contributed by atoms with van der Waals surface area (Å²) in [6, 6.07) is 17.9. The van der Waals surface area contributed by atoms with E-state index >= 15 is 0 Å². The predicted octanol–water partition coefficient (Wildman–Crippen LogP) is 5.44. The number of ether oxygens (including phenoxy) is 1. The van der Waals surface area contributed by atoms with Crippen LogP contribution in [0.1, 0.15) is 18.1 Å². The Morgan fingerprint density at radius 3 is 2.55 bits per heavy atom. The van der Waals surface area contributed by atoms with E-state index < -0.39 is 23.5 Å². The lowest BCUT2D eigenvalue weighted by Crippen LogP contribution is -2.34. The van der Waals surface area contributed by atoms with Crippen LogP contribution in [0, 0.1) is 11.7 Å². The van der Waals surface area contributed by atoms with Crippen LogP contribution in [0.4, 0.5) is 10.1 Å². The number of halogens is 3. The van der Waals surface area contributed by atoms with E-state index in [1.54, 1.807) is 36.4 Å². The Kier molecular flexibility index (Phi) is 8.40. The van der Waals surface area contributed by atoms with Gasteiger partial charge in [0.1, 0.15) is 24.1 Å². The van der Waals surface area contributed by atoms with E-state index in [-0.39, 0.29) is 12.3 Å². The van der Waals surface area contributed by atoms with Crippen LogP contribution in [0.3, 0.4) is 0 Å². The van der Waals surface area contributed by atoms with Crippen molar-refractivity contribution in [3.63, 3.8) is 0 Å². The van der Waals surface area contributed by atoms with Crippen LogP contribution < -0.4 is 15.5 Å². The highest BCUT2D eigenvalue weighted by Crippen LogP contribution is 2.23. The Morgan fingerprint density at radius 1 is 1.03 bits per heavy atom. The number of rotatable bonds is 8. The van der Waals surface area contributed by atoms with E-state index in [2.05, 4.69) is 15.8 Å². The molecule has 0 saturated carbocycles. The topological polar surface area (TPSA) is 79.8 Å². The molecular formula is C24H20Cl2FN3O3. The molecule has 0 aliphatic carbocycles. The number of benzene rings is 3. The molecule has 6 nitrogen and oxygen atoms in total. The first kappa shape index (κ1) is 24.2. The molecule has 3 rings (SSSR count). The summed E-state index contributed by atoms with van der Waals surface area (Å²) in [5.74, 6) is -2.55. The Labute approximate surface area is 200 Å². The molecule has 0 heterocycles. The van der Waals surface area contributed by atoms with Crippen LogP contribution in [-0.2, 0) is 16.2 Å². The van der Waals surface area contributed by atoms with E-state index in [0.717, 1.165) is 5.56 Å². The smallest absolute Gasteiger partial charge is 0.252 e. The van der Waals surface area contributed by atoms with Gasteiger partial charge in [-0.05, 0) is 55.0 Å². The van der Waals surface area contributed by atoms with Crippen LogP contribution in [0.25, 0.3) is 0 Å². The van der Waals surface area contributed by atoms with Gasteiger partial charge in [0.15, 0.2) is 0 Å². The van der Waals surface area contributed by atoms with Gasteiger partial charge < -0.3 is 10.1 Å². The fourth-order valence-corrected chi connectivity index (χ4v) is 3.12. The zero-order valence-electron chi connectivity index (χ0n) is 17.5. The molecular weight excluding hydrogens is 468 g/mol. The molecule has 3 aromatic rings. The summed E-state index contributed by atoms with van der Waals surface area (Å²) in [5.41, 5.74) is 3.69. The Bertz CT molecular complexity index is 1190. The normalized spacial score (nSPS) is 11.8. The molecule has 170 valence electrons. The van der Waals surface area contributed by atoms with Crippen LogP contribution in [0.5, 0.6) is 5.75 Å². The van der Waals surface area contributed by atoms with E-state index in [4.69, 9.17) is 27.9 Å². The van der Waals surface area contributed by atoms with E-state index in [1.165, 1.54) is 31.3 Å². The minimum Gasteiger partial charge on any atom is -0.488 e. The molecule has 0 saturated heterocycles. The summed E-state index contributed by atoms with van der Waals surface area (Å²) >= 11 is 12.1. The maximum Gasteiger partial charge on any atom is 0.252 e. The highest BCUT2D eigenvalue weighted by molar-refractivity contribution is 6.31. The number of nitrogens with zero attached hydrogens (tertiary/aromatic N) is 1. The lowest BCUT2D eigenvalue weighted by Gasteiger charge is -2.12. The molecule has 0 aliphatic rings. The van der Waals surface area contributed by atoms with Crippen molar-refractivity contribution in [2.75, 3.05) is 5.32 Å². The summed E-state index contributed by atoms with van der Waals surface area (Å²) in [6.07, 6.45) is 1.36. The lowest BCUT2D eigenvalue weighted by molar-refractivity contribution is -0.131.